The van der Waals surface area contributed by atoms with E-state index in [4.69, 9.17) is 0 Å². The summed E-state index contributed by atoms with van der Waals surface area (Å²) in [5, 5.41) is 11.7. The summed E-state index contributed by atoms with van der Waals surface area (Å²) >= 11 is 0. The third-order valence-electron chi connectivity index (χ3n) is 5.66. The van der Waals surface area contributed by atoms with Gasteiger partial charge in [-0.15, -0.1) is 10.2 Å². The summed E-state index contributed by atoms with van der Waals surface area (Å²) < 4.78 is 28.1. The molecule has 1 aromatic heterocycles. The molecule has 1 aliphatic rings. The first-order valence-corrected chi connectivity index (χ1v) is 12.3. The molecule has 0 saturated carbocycles. The molecule has 0 fully saturated rings. The largest absolute Gasteiger partial charge is 0.326 e. The highest BCUT2D eigenvalue weighted by molar-refractivity contribution is 7.89. The average molecular weight is 454 g/mol. The number of aromatic nitrogens is 3. The van der Waals surface area contributed by atoms with E-state index in [9.17, 15) is 13.2 Å². The molecule has 0 unspecified atom stereocenters. The maximum Gasteiger partial charge on any atom is 0.240 e. The zero-order valence-electron chi connectivity index (χ0n) is 18.0. The van der Waals surface area contributed by atoms with Crippen LogP contribution in [0.3, 0.4) is 0 Å². The highest BCUT2D eigenvalue weighted by Crippen LogP contribution is 2.25. The molecule has 0 bridgehead atoms. The molecule has 0 aliphatic carbocycles. The molecule has 3 aromatic rings. The standard InChI is InChI=1S/C23H27N5O3S/c1-24-32(30,31)20-12-9-17(10-13-20)11-14-22(29)25-19-7-5-6-18(16-19)23-27-26-21-8-3-2-4-15-28(21)23/h5-7,9-10,12-13,16,24H,2-4,8,11,14-15H2,1H3,(H,25,29). The average Bonchev–Trinajstić information content (AvgIpc) is 3.06. The van der Waals surface area contributed by atoms with Gasteiger partial charge in [-0.25, -0.2) is 13.1 Å². The molecule has 0 radical (unpaired) electrons. The predicted octanol–water partition coefficient (Wildman–Crippen LogP) is 3.15. The smallest absolute Gasteiger partial charge is 0.240 e. The van der Waals surface area contributed by atoms with E-state index in [0.717, 1.165) is 48.6 Å². The lowest BCUT2D eigenvalue weighted by molar-refractivity contribution is -0.116. The van der Waals surface area contributed by atoms with Gasteiger partial charge in [0.25, 0.3) is 0 Å². The molecule has 9 heteroatoms. The number of aryl methyl sites for hydroxylation is 2. The fourth-order valence-corrected chi connectivity index (χ4v) is 4.60. The molecule has 2 N–H and O–H groups in total. The van der Waals surface area contributed by atoms with Crippen molar-refractivity contribution in [1.82, 2.24) is 19.5 Å². The van der Waals surface area contributed by atoms with E-state index in [1.807, 2.05) is 24.3 Å². The van der Waals surface area contributed by atoms with Crippen molar-refractivity contribution in [3.8, 4) is 11.4 Å². The molecule has 2 aromatic carbocycles. The molecule has 2 heterocycles. The van der Waals surface area contributed by atoms with Gasteiger partial charge in [-0.2, -0.15) is 0 Å². The predicted molar refractivity (Wildman–Crippen MR) is 123 cm³/mol. The van der Waals surface area contributed by atoms with Gasteiger partial charge < -0.3 is 9.88 Å². The van der Waals surface area contributed by atoms with Crippen molar-refractivity contribution >= 4 is 21.6 Å². The Morgan fingerprint density at radius 3 is 2.66 bits per heavy atom. The maximum atomic E-state index is 12.5. The van der Waals surface area contributed by atoms with Gasteiger partial charge in [-0.1, -0.05) is 30.7 Å². The third-order valence-corrected chi connectivity index (χ3v) is 7.09. The van der Waals surface area contributed by atoms with Gasteiger partial charge in [0.1, 0.15) is 5.82 Å². The molecule has 0 spiro atoms. The molecule has 8 nitrogen and oxygen atoms in total. The third kappa shape index (κ3) is 5.05. The van der Waals surface area contributed by atoms with E-state index >= 15 is 0 Å². The van der Waals surface area contributed by atoms with E-state index in [2.05, 4.69) is 24.8 Å². The number of nitrogens with one attached hydrogen (secondary N) is 2. The lowest BCUT2D eigenvalue weighted by Gasteiger charge is -2.10. The van der Waals surface area contributed by atoms with Crippen LogP contribution in [0.5, 0.6) is 0 Å². The van der Waals surface area contributed by atoms with Crippen LogP contribution in [-0.2, 0) is 34.2 Å². The molecule has 1 amide bonds. The number of anilines is 1. The summed E-state index contributed by atoms with van der Waals surface area (Å²) in [6, 6.07) is 14.2. The van der Waals surface area contributed by atoms with Crippen molar-refractivity contribution in [1.29, 1.82) is 0 Å². The van der Waals surface area contributed by atoms with Crippen LogP contribution in [0, 0.1) is 0 Å². The second kappa shape index (κ2) is 9.62. The number of rotatable bonds is 7. The topological polar surface area (TPSA) is 106 Å². The fourth-order valence-electron chi connectivity index (χ4n) is 3.87. The summed E-state index contributed by atoms with van der Waals surface area (Å²) in [6.45, 7) is 0.919. The minimum Gasteiger partial charge on any atom is -0.326 e. The Bertz CT molecular complexity index is 1200. The first kappa shape index (κ1) is 22.2. The van der Waals surface area contributed by atoms with E-state index in [0.29, 0.717) is 18.5 Å². The molecule has 168 valence electrons. The number of fused-ring (bicyclic) bond motifs is 1. The fraction of sp³-hybridized carbons (Fsp3) is 0.348. The van der Waals surface area contributed by atoms with Crippen LogP contribution in [0.4, 0.5) is 5.69 Å². The Morgan fingerprint density at radius 2 is 1.88 bits per heavy atom. The Balaban J connectivity index is 1.39. The lowest BCUT2D eigenvalue weighted by atomic mass is 10.1. The second-order valence-corrected chi connectivity index (χ2v) is 9.77. The Hall–Kier alpha value is -3.04. The van der Waals surface area contributed by atoms with Gasteiger partial charge in [0.15, 0.2) is 5.82 Å². The summed E-state index contributed by atoms with van der Waals surface area (Å²) in [4.78, 5) is 12.7. The van der Waals surface area contributed by atoms with Crippen LogP contribution in [0.25, 0.3) is 11.4 Å². The summed E-state index contributed by atoms with van der Waals surface area (Å²) in [6.07, 6.45) is 5.22. The van der Waals surface area contributed by atoms with Crippen LogP contribution in [0.15, 0.2) is 53.4 Å². The monoisotopic (exact) mass is 453 g/mol. The van der Waals surface area contributed by atoms with Crippen molar-refractivity contribution in [3.05, 3.63) is 59.9 Å². The number of sulfonamides is 1. The summed E-state index contributed by atoms with van der Waals surface area (Å²) in [7, 11) is -2.08. The number of hydrogen-bond donors (Lipinski definition) is 2. The first-order chi connectivity index (χ1) is 15.5. The lowest BCUT2D eigenvalue weighted by Crippen LogP contribution is -2.18. The quantitative estimate of drug-likeness (QED) is 0.572. The van der Waals surface area contributed by atoms with Crippen molar-refractivity contribution in [3.63, 3.8) is 0 Å². The van der Waals surface area contributed by atoms with Crippen LogP contribution in [0.1, 0.15) is 37.1 Å². The first-order valence-electron chi connectivity index (χ1n) is 10.8. The van der Waals surface area contributed by atoms with Crippen LogP contribution >= 0.6 is 0 Å². The summed E-state index contributed by atoms with van der Waals surface area (Å²) in [5.74, 6) is 1.77. The van der Waals surface area contributed by atoms with Gasteiger partial charge in [0.2, 0.25) is 15.9 Å². The van der Waals surface area contributed by atoms with Crippen molar-refractivity contribution in [2.75, 3.05) is 12.4 Å². The van der Waals surface area contributed by atoms with Crippen molar-refractivity contribution in [2.24, 2.45) is 0 Å². The van der Waals surface area contributed by atoms with Crippen molar-refractivity contribution in [2.45, 2.75) is 50.0 Å². The minimum absolute atomic E-state index is 0.103. The van der Waals surface area contributed by atoms with Gasteiger partial charge in [0, 0.05) is 30.6 Å². The Labute approximate surface area is 188 Å². The number of nitrogens with zero attached hydrogens (tertiary/aromatic N) is 3. The minimum atomic E-state index is -3.46. The number of benzene rings is 2. The molecule has 1 aliphatic heterocycles. The Morgan fingerprint density at radius 1 is 1.06 bits per heavy atom. The van der Waals surface area contributed by atoms with Gasteiger partial charge in [0.05, 0.1) is 4.90 Å². The van der Waals surface area contributed by atoms with Gasteiger partial charge in [-0.05, 0) is 56.1 Å². The van der Waals surface area contributed by atoms with Crippen LogP contribution in [-0.4, -0.2) is 36.1 Å². The molecule has 32 heavy (non-hydrogen) atoms. The second-order valence-electron chi connectivity index (χ2n) is 7.88. The van der Waals surface area contributed by atoms with Gasteiger partial charge >= 0.3 is 0 Å². The van der Waals surface area contributed by atoms with E-state index in [-0.39, 0.29) is 10.8 Å². The summed E-state index contributed by atoms with van der Waals surface area (Å²) in [5.41, 5.74) is 2.55. The highest BCUT2D eigenvalue weighted by Gasteiger charge is 2.16. The number of carbonyl (C=O) groups is 1. The van der Waals surface area contributed by atoms with Gasteiger partial charge in [-0.3, -0.25) is 4.79 Å². The van der Waals surface area contributed by atoms with Crippen LogP contribution < -0.4 is 10.0 Å². The van der Waals surface area contributed by atoms with E-state index in [1.54, 1.807) is 24.3 Å². The molecular weight excluding hydrogens is 426 g/mol. The van der Waals surface area contributed by atoms with Crippen molar-refractivity contribution < 1.29 is 13.2 Å². The normalized spacial score (nSPS) is 13.9. The zero-order valence-corrected chi connectivity index (χ0v) is 18.9. The molecule has 0 saturated heterocycles. The van der Waals surface area contributed by atoms with E-state index < -0.39 is 10.0 Å². The number of carbonyl (C=O) groups excluding carboxylic acids is 1. The maximum absolute atomic E-state index is 12.5. The number of hydrogen-bond acceptors (Lipinski definition) is 5. The zero-order chi connectivity index (χ0) is 22.6. The SMILES string of the molecule is CNS(=O)(=O)c1ccc(CCC(=O)Nc2cccc(-c3nnc4n3CCCCC4)c2)cc1. The Kier molecular flexibility index (Phi) is 6.66. The molecular formula is C23H27N5O3S. The number of amides is 1. The van der Waals surface area contributed by atoms with E-state index in [1.165, 1.54) is 13.5 Å². The molecule has 0 atom stereocenters. The highest BCUT2D eigenvalue weighted by atomic mass is 32.2. The molecule has 4 rings (SSSR count). The van der Waals surface area contributed by atoms with Crippen LogP contribution in [0.2, 0.25) is 0 Å².